The molecule has 2 aromatic rings. The van der Waals surface area contributed by atoms with Crippen molar-refractivity contribution >= 4 is 23.2 Å². The molecule has 5 heteroatoms. The average molecular weight is 394 g/mol. The number of nitrogens with zero attached hydrogens (tertiary/aromatic N) is 3. The monoisotopic (exact) mass is 393 g/mol. The summed E-state index contributed by atoms with van der Waals surface area (Å²) in [7, 11) is 0. The number of hydrogen-bond donors (Lipinski definition) is 0. The first-order chi connectivity index (χ1) is 13.9. The SMILES string of the molecule is CCN(Cc1ccc(C(=O)N2CCCN(C(C)=O)c3ccccc32)cc1)C(C)C. The summed E-state index contributed by atoms with van der Waals surface area (Å²) < 4.78 is 0. The molecule has 2 aromatic carbocycles. The largest absolute Gasteiger partial charge is 0.311 e. The van der Waals surface area contributed by atoms with E-state index in [2.05, 4.69) is 25.7 Å². The number of anilines is 2. The summed E-state index contributed by atoms with van der Waals surface area (Å²) in [6.07, 6.45) is 0.748. The van der Waals surface area contributed by atoms with E-state index in [1.807, 2.05) is 48.5 Å². The molecule has 3 rings (SSSR count). The van der Waals surface area contributed by atoms with Crippen molar-refractivity contribution in [1.29, 1.82) is 0 Å². The maximum Gasteiger partial charge on any atom is 0.258 e. The summed E-state index contributed by atoms with van der Waals surface area (Å²) in [5.74, 6) is -0.0210. The molecule has 0 N–H and O–H groups in total. The highest BCUT2D eigenvalue weighted by atomic mass is 16.2. The number of rotatable bonds is 5. The molecule has 0 spiro atoms. The van der Waals surface area contributed by atoms with E-state index in [1.165, 1.54) is 5.56 Å². The Bertz CT molecular complexity index is 861. The molecule has 1 aliphatic heterocycles. The van der Waals surface area contributed by atoms with E-state index in [-0.39, 0.29) is 11.8 Å². The van der Waals surface area contributed by atoms with Crippen molar-refractivity contribution in [3.8, 4) is 0 Å². The van der Waals surface area contributed by atoms with Crippen LogP contribution in [-0.4, -0.2) is 42.4 Å². The minimum atomic E-state index is -0.0226. The fraction of sp³-hybridized carbons (Fsp3) is 0.417. The molecular weight excluding hydrogens is 362 g/mol. The van der Waals surface area contributed by atoms with Gasteiger partial charge in [-0.3, -0.25) is 14.5 Å². The fourth-order valence-corrected chi connectivity index (χ4v) is 3.89. The van der Waals surface area contributed by atoms with Crippen LogP contribution in [0.5, 0.6) is 0 Å². The van der Waals surface area contributed by atoms with Gasteiger partial charge in [-0.15, -0.1) is 0 Å². The van der Waals surface area contributed by atoms with Crippen molar-refractivity contribution in [2.45, 2.75) is 46.7 Å². The molecule has 0 atom stereocenters. The molecule has 29 heavy (non-hydrogen) atoms. The maximum absolute atomic E-state index is 13.3. The normalized spacial score (nSPS) is 14.1. The van der Waals surface area contributed by atoms with E-state index in [9.17, 15) is 9.59 Å². The van der Waals surface area contributed by atoms with Crippen LogP contribution >= 0.6 is 0 Å². The molecule has 0 unspecified atom stereocenters. The zero-order valence-corrected chi connectivity index (χ0v) is 17.9. The number of carbonyl (C=O) groups excluding carboxylic acids is 2. The molecule has 0 saturated heterocycles. The molecule has 0 saturated carbocycles. The summed E-state index contributed by atoms with van der Waals surface area (Å²) in [4.78, 5) is 31.3. The van der Waals surface area contributed by atoms with E-state index in [4.69, 9.17) is 0 Å². The highest BCUT2D eigenvalue weighted by Gasteiger charge is 2.26. The van der Waals surface area contributed by atoms with Crippen LogP contribution in [0.2, 0.25) is 0 Å². The van der Waals surface area contributed by atoms with Crippen molar-refractivity contribution in [2.75, 3.05) is 29.4 Å². The zero-order valence-electron chi connectivity index (χ0n) is 17.9. The summed E-state index contributed by atoms with van der Waals surface area (Å²) in [5, 5.41) is 0. The second-order valence-corrected chi connectivity index (χ2v) is 7.82. The lowest BCUT2D eigenvalue weighted by atomic mass is 10.1. The van der Waals surface area contributed by atoms with Crippen LogP contribution in [0.15, 0.2) is 48.5 Å². The van der Waals surface area contributed by atoms with Crippen LogP contribution in [0.3, 0.4) is 0 Å². The lowest BCUT2D eigenvalue weighted by Crippen LogP contribution is -2.31. The van der Waals surface area contributed by atoms with Crippen LogP contribution in [0.4, 0.5) is 11.4 Å². The number of hydrogen-bond acceptors (Lipinski definition) is 3. The van der Waals surface area contributed by atoms with Crippen LogP contribution in [-0.2, 0) is 11.3 Å². The summed E-state index contributed by atoms with van der Waals surface area (Å²) in [5.41, 5.74) is 3.48. The number of carbonyl (C=O) groups is 2. The molecule has 154 valence electrons. The van der Waals surface area contributed by atoms with Gasteiger partial charge < -0.3 is 9.80 Å². The minimum absolute atomic E-state index is 0.00160. The second kappa shape index (κ2) is 9.23. The Labute approximate surface area is 173 Å². The Morgan fingerprint density at radius 1 is 0.966 bits per heavy atom. The molecule has 0 bridgehead atoms. The Balaban J connectivity index is 1.84. The van der Waals surface area contributed by atoms with Gasteiger partial charge in [-0.25, -0.2) is 0 Å². The van der Waals surface area contributed by atoms with Gasteiger partial charge in [-0.2, -0.15) is 0 Å². The topological polar surface area (TPSA) is 43.9 Å². The van der Waals surface area contributed by atoms with Gasteiger partial charge >= 0.3 is 0 Å². The zero-order chi connectivity index (χ0) is 21.0. The first-order valence-corrected chi connectivity index (χ1v) is 10.4. The molecular formula is C24H31N3O2. The van der Waals surface area contributed by atoms with E-state index >= 15 is 0 Å². The molecule has 1 heterocycles. The second-order valence-electron chi connectivity index (χ2n) is 7.82. The Hall–Kier alpha value is -2.66. The lowest BCUT2D eigenvalue weighted by Gasteiger charge is -2.26. The van der Waals surface area contributed by atoms with Gasteiger partial charge in [0.1, 0.15) is 0 Å². The fourth-order valence-electron chi connectivity index (χ4n) is 3.89. The molecule has 2 amide bonds. The van der Waals surface area contributed by atoms with Gasteiger partial charge in [-0.1, -0.05) is 31.2 Å². The number of amides is 2. The summed E-state index contributed by atoms with van der Waals surface area (Å²) >= 11 is 0. The summed E-state index contributed by atoms with van der Waals surface area (Å²) in [6, 6.07) is 16.1. The molecule has 0 aromatic heterocycles. The number of para-hydroxylation sites is 2. The molecule has 1 aliphatic rings. The van der Waals surface area contributed by atoms with Crippen molar-refractivity contribution in [3.63, 3.8) is 0 Å². The minimum Gasteiger partial charge on any atom is -0.311 e. The molecule has 5 nitrogen and oxygen atoms in total. The molecule has 0 aliphatic carbocycles. The number of fused-ring (bicyclic) bond motifs is 1. The first-order valence-electron chi connectivity index (χ1n) is 10.4. The Morgan fingerprint density at radius 2 is 1.55 bits per heavy atom. The van der Waals surface area contributed by atoms with Crippen LogP contribution in [0, 0.1) is 0 Å². The third-order valence-electron chi connectivity index (χ3n) is 5.58. The van der Waals surface area contributed by atoms with Crippen LogP contribution in [0.1, 0.15) is 50.0 Å². The van der Waals surface area contributed by atoms with Crippen LogP contribution < -0.4 is 9.80 Å². The maximum atomic E-state index is 13.3. The Morgan fingerprint density at radius 3 is 2.10 bits per heavy atom. The lowest BCUT2D eigenvalue weighted by molar-refractivity contribution is -0.116. The van der Waals surface area contributed by atoms with Crippen molar-refractivity contribution < 1.29 is 9.59 Å². The van der Waals surface area contributed by atoms with Gasteiger partial charge in [0.05, 0.1) is 11.4 Å². The van der Waals surface area contributed by atoms with E-state index in [0.29, 0.717) is 24.7 Å². The Kier molecular flexibility index (Phi) is 6.70. The third-order valence-corrected chi connectivity index (χ3v) is 5.58. The molecule has 0 radical (unpaired) electrons. The highest BCUT2D eigenvalue weighted by Crippen LogP contribution is 2.33. The predicted molar refractivity (Wildman–Crippen MR) is 118 cm³/mol. The van der Waals surface area contributed by atoms with E-state index in [1.54, 1.807) is 16.7 Å². The van der Waals surface area contributed by atoms with Crippen molar-refractivity contribution in [2.24, 2.45) is 0 Å². The van der Waals surface area contributed by atoms with E-state index < -0.39 is 0 Å². The first kappa shape index (κ1) is 21.1. The quantitative estimate of drug-likeness (QED) is 0.760. The summed E-state index contributed by atoms with van der Waals surface area (Å²) in [6.45, 7) is 11.2. The van der Waals surface area contributed by atoms with Gasteiger partial charge in [0.2, 0.25) is 5.91 Å². The van der Waals surface area contributed by atoms with E-state index in [0.717, 1.165) is 30.9 Å². The molecule has 0 fully saturated rings. The smallest absolute Gasteiger partial charge is 0.258 e. The van der Waals surface area contributed by atoms with Crippen LogP contribution in [0.25, 0.3) is 0 Å². The predicted octanol–water partition coefficient (Wildman–Crippen LogP) is 4.32. The highest BCUT2D eigenvalue weighted by molar-refractivity contribution is 6.09. The van der Waals surface area contributed by atoms with Gasteiger partial charge in [0, 0.05) is 38.2 Å². The third kappa shape index (κ3) is 4.67. The average Bonchev–Trinajstić information content (AvgIpc) is 2.91. The van der Waals surface area contributed by atoms with Gasteiger partial charge in [-0.05, 0) is 56.6 Å². The van der Waals surface area contributed by atoms with Crippen molar-refractivity contribution in [1.82, 2.24) is 4.90 Å². The number of benzene rings is 2. The van der Waals surface area contributed by atoms with Crippen molar-refractivity contribution in [3.05, 3.63) is 59.7 Å². The van der Waals surface area contributed by atoms with Gasteiger partial charge in [0.25, 0.3) is 5.91 Å². The van der Waals surface area contributed by atoms with Gasteiger partial charge in [0.15, 0.2) is 0 Å². The standard InChI is InChI=1S/C24H31N3O2/c1-5-25(18(2)3)17-20-11-13-21(14-12-20)24(29)27-16-8-15-26(19(4)28)22-9-6-7-10-23(22)27/h6-7,9-14,18H,5,8,15-17H2,1-4H3.